The van der Waals surface area contributed by atoms with Crippen LogP contribution in [0.5, 0.6) is 0 Å². The lowest BCUT2D eigenvalue weighted by Gasteiger charge is -2.57. The van der Waals surface area contributed by atoms with Gasteiger partial charge in [0, 0.05) is 29.6 Å². The standard InChI is InChI=1S/C39H44Cl2N7O3P/c1-6-35(50)44-32-20-26(15-17-33(32)48-19-18-39(22-28(23-39)47(2)3)21-27(48)11-9-13-34(41)49)43-38-42-24-30(40)37(46-38)45-31-16-14-25-10-7-8-12-29(25)36(31)52(4,5)51/h6-10,12-17,20,24,27-28H,1,11,18-19,21-23H2,2-5H3,(H,44,50)(H2,42,43,45,46)/b13-9+. The molecule has 0 bridgehead atoms. The Hall–Kier alpha value is -4.21. The predicted octanol–water partition coefficient (Wildman–Crippen LogP) is 8.53. The van der Waals surface area contributed by atoms with Gasteiger partial charge in [-0.15, -0.1) is 0 Å². The molecule has 13 heteroatoms. The molecule has 52 heavy (non-hydrogen) atoms. The van der Waals surface area contributed by atoms with Crippen molar-refractivity contribution in [1.29, 1.82) is 0 Å². The van der Waals surface area contributed by atoms with Gasteiger partial charge in [-0.3, -0.25) is 9.59 Å². The highest BCUT2D eigenvalue weighted by molar-refractivity contribution is 7.71. The number of nitrogens with zero attached hydrogens (tertiary/aromatic N) is 4. The normalized spacial score (nSPS) is 20.2. The van der Waals surface area contributed by atoms with Crippen LogP contribution in [0.2, 0.25) is 5.02 Å². The number of piperidine rings is 1. The van der Waals surface area contributed by atoms with Crippen LogP contribution in [0.4, 0.5) is 34.5 Å². The molecule has 2 aliphatic rings. The quantitative estimate of drug-likeness (QED) is 0.0742. The van der Waals surface area contributed by atoms with Gasteiger partial charge in [-0.1, -0.05) is 54.6 Å². The van der Waals surface area contributed by atoms with E-state index in [4.69, 9.17) is 23.2 Å². The fraction of sp³-hybridized carbons (Fsp3) is 0.333. The van der Waals surface area contributed by atoms with Crippen molar-refractivity contribution < 1.29 is 14.2 Å². The molecule has 4 aromatic rings. The van der Waals surface area contributed by atoms with Crippen LogP contribution in [0.3, 0.4) is 0 Å². The van der Waals surface area contributed by atoms with Gasteiger partial charge >= 0.3 is 0 Å². The second-order valence-corrected chi connectivity index (χ2v) is 18.3. The van der Waals surface area contributed by atoms with Crippen molar-refractivity contribution in [2.45, 2.75) is 44.2 Å². The Balaban J connectivity index is 1.29. The van der Waals surface area contributed by atoms with E-state index in [9.17, 15) is 14.2 Å². The summed E-state index contributed by atoms with van der Waals surface area (Å²) in [5.41, 5.74) is 3.00. The third-order valence-electron chi connectivity index (χ3n) is 10.2. The average molecular weight is 761 g/mol. The Labute approximate surface area is 315 Å². The molecule has 0 radical (unpaired) electrons. The van der Waals surface area contributed by atoms with E-state index in [1.165, 1.54) is 18.3 Å². The lowest BCUT2D eigenvalue weighted by molar-refractivity contribution is -0.112. The van der Waals surface area contributed by atoms with Crippen LogP contribution in [-0.4, -0.2) is 72.1 Å². The van der Waals surface area contributed by atoms with Crippen molar-refractivity contribution in [3.8, 4) is 0 Å². The maximum atomic E-state index is 13.5. The highest BCUT2D eigenvalue weighted by atomic mass is 35.5. The molecular weight excluding hydrogens is 716 g/mol. The molecule has 1 saturated carbocycles. The minimum Gasteiger partial charge on any atom is -0.367 e. The molecule has 1 unspecified atom stereocenters. The van der Waals surface area contributed by atoms with Crippen LogP contribution in [0, 0.1) is 5.41 Å². The van der Waals surface area contributed by atoms with E-state index >= 15 is 0 Å². The van der Waals surface area contributed by atoms with Crippen LogP contribution in [0.1, 0.15) is 32.1 Å². The van der Waals surface area contributed by atoms with Crippen molar-refractivity contribution >= 4 is 92.1 Å². The molecule has 272 valence electrons. The summed E-state index contributed by atoms with van der Waals surface area (Å²) in [4.78, 5) is 38.0. The molecule has 1 atom stereocenters. The maximum Gasteiger partial charge on any atom is 0.247 e. The highest BCUT2D eigenvalue weighted by Gasteiger charge is 2.49. The third kappa shape index (κ3) is 8.37. The van der Waals surface area contributed by atoms with E-state index in [0.717, 1.165) is 54.0 Å². The first kappa shape index (κ1) is 37.5. The first-order valence-corrected chi connectivity index (χ1v) is 20.6. The summed E-state index contributed by atoms with van der Waals surface area (Å²) >= 11 is 12.2. The van der Waals surface area contributed by atoms with Gasteiger partial charge in [-0.2, -0.15) is 4.98 Å². The Morgan fingerprint density at radius 2 is 1.85 bits per heavy atom. The molecule has 1 saturated heterocycles. The number of rotatable bonds is 12. The summed E-state index contributed by atoms with van der Waals surface area (Å²) in [6.45, 7) is 7.94. The molecule has 3 N–H and O–H groups in total. The van der Waals surface area contributed by atoms with Gasteiger partial charge < -0.3 is 30.3 Å². The van der Waals surface area contributed by atoms with Crippen molar-refractivity contribution in [3.63, 3.8) is 0 Å². The minimum atomic E-state index is -2.72. The van der Waals surface area contributed by atoms with E-state index < -0.39 is 12.4 Å². The molecule has 1 aliphatic carbocycles. The van der Waals surface area contributed by atoms with E-state index in [2.05, 4.69) is 56.4 Å². The number of carbonyl (C=O) groups is 2. The Morgan fingerprint density at radius 3 is 2.56 bits per heavy atom. The number of amides is 1. The van der Waals surface area contributed by atoms with E-state index in [-0.39, 0.29) is 23.3 Å². The number of carbonyl (C=O) groups excluding carboxylic acids is 2. The van der Waals surface area contributed by atoms with E-state index in [0.29, 0.717) is 40.4 Å². The molecule has 6 rings (SSSR count). The smallest absolute Gasteiger partial charge is 0.247 e. The van der Waals surface area contributed by atoms with Crippen molar-refractivity contribution in [1.82, 2.24) is 14.9 Å². The van der Waals surface area contributed by atoms with Crippen LogP contribution < -0.4 is 26.2 Å². The average Bonchev–Trinajstić information content (AvgIpc) is 3.08. The van der Waals surface area contributed by atoms with Crippen LogP contribution in [0.15, 0.2) is 85.6 Å². The molecule has 1 amide bonds. The second-order valence-electron chi connectivity index (χ2n) is 14.4. The second kappa shape index (κ2) is 15.4. The van der Waals surface area contributed by atoms with Crippen LogP contribution >= 0.6 is 30.3 Å². The molecule has 10 nitrogen and oxygen atoms in total. The number of hydrogen-bond acceptors (Lipinski definition) is 9. The number of hydrogen-bond donors (Lipinski definition) is 3. The Bertz CT molecular complexity index is 2090. The molecule has 2 fully saturated rings. The van der Waals surface area contributed by atoms with E-state index in [1.54, 1.807) is 13.3 Å². The summed E-state index contributed by atoms with van der Waals surface area (Å²) in [7, 11) is 1.54. The number of anilines is 6. The SMILES string of the molecule is C=CC(=O)Nc1cc(Nc2ncc(Cl)c(Nc3ccc4ccccc4c3P(C)(C)=O)n2)ccc1N1CCC2(CC(N(C)C)C2)CC1C/C=C/C(=O)Cl. The fourth-order valence-electron chi connectivity index (χ4n) is 7.63. The summed E-state index contributed by atoms with van der Waals surface area (Å²) in [5, 5.41) is 12.0. The first-order valence-electron chi connectivity index (χ1n) is 17.3. The van der Waals surface area contributed by atoms with Gasteiger partial charge in [0.15, 0.2) is 5.82 Å². The summed E-state index contributed by atoms with van der Waals surface area (Å²) in [6.07, 6.45) is 10.9. The van der Waals surface area contributed by atoms with Gasteiger partial charge in [-0.25, -0.2) is 4.98 Å². The molecule has 1 spiro atoms. The monoisotopic (exact) mass is 759 g/mol. The third-order valence-corrected chi connectivity index (χ3v) is 12.1. The fourth-order valence-corrected chi connectivity index (χ4v) is 9.35. The number of benzene rings is 3. The van der Waals surface area contributed by atoms with Gasteiger partial charge in [0.1, 0.15) is 12.2 Å². The molecule has 2 heterocycles. The van der Waals surface area contributed by atoms with Gasteiger partial charge in [0.05, 0.1) is 23.3 Å². The van der Waals surface area contributed by atoms with Crippen LogP contribution in [0.25, 0.3) is 10.8 Å². The molecule has 3 aromatic carbocycles. The zero-order valence-electron chi connectivity index (χ0n) is 29.8. The first-order chi connectivity index (χ1) is 24.7. The zero-order chi connectivity index (χ0) is 37.2. The lowest BCUT2D eigenvalue weighted by atomic mass is 9.58. The van der Waals surface area contributed by atoms with Crippen molar-refractivity contribution in [2.75, 3.05) is 54.8 Å². The topological polar surface area (TPSA) is 120 Å². The highest BCUT2D eigenvalue weighted by Crippen LogP contribution is 2.53. The summed E-state index contributed by atoms with van der Waals surface area (Å²) < 4.78 is 13.5. The largest absolute Gasteiger partial charge is 0.367 e. The molecule has 1 aliphatic heterocycles. The van der Waals surface area contributed by atoms with Gasteiger partial charge in [0.2, 0.25) is 17.1 Å². The zero-order valence-corrected chi connectivity index (χ0v) is 32.2. The maximum absolute atomic E-state index is 13.5. The Kier molecular flexibility index (Phi) is 11.1. The number of fused-ring (bicyclic) bond motifs is 1. The summed E-state index contributed by atoms with van der Waals surface area (Å²) in [6, 6.07) is 18.1. The molecule has 1 aromatic heterocycles. The predicted molar refractivity (Wildman–Crippen MR) is 216 cm³/mol. The minimum absolute atomic E-state index is 0.0945. The van der Waals surface area contributed by atoms with Gasteiger partial charge in [-0.05, 0) is 124 Å². The van der Waals surface area contributed by atoms with Gasteiger partial charge in [0.25, 0.3) is 0 Å². The van der Waals surface area contributed by atoms with Crippen LogP contribution in [-0.2, 0) is 14.2 Å². The number of halogens is 2. The van der Waals surface area contributed by atoms with Crippen molar-refractivity contribution in [2.24, 2.45) is 5.41 Å². The Morgan fingerprint density at radius 1 is 1.08 bits per heavy atom. The number of allylic oxidation sites excluding steroid dienone is 1. The number of nitrogens with one attached hydrogen (secondary N) is 3. The number of aromatic nitrogens is 2. The lowest BCUT2D eigenvalue weighted by Crippen LogP contribution is -2.56. The molecular formula is C39H44Cl2N7O3P. The van der Waals surface area contributed by atoms with Crippen molar-refractivity contribution in [3.05, 3.63) is 90.6 Å². The van der Waals surface area contributed by atoms with E-state index in [1.807, 2.05) is 60.7 Å². The summed E-state index contributed by atoms with van der Waals surface area (Å²) in [5.74, 6) is 0.281.